The van der Waals surface area contributed by atoms with Crippen LogP contribution in [0.5, 0.6) is 5.75 Å². The minimum atomic E-state index is -0.343. The maximum absolute atomic E-state index is 12.4. The van der Waals surface area contributed by atoms with E-state index in [4.69, 9.17) is 4.74 Å². The van der Waals surface area contributed by atoms with E-state index in [0.29, 0.717) is 34.2 Å². The van der Waals surface area contributed by atoms with Crippen LogP contribution < -0.4 is 15.4 Å². The summed E-state index contributed by atoms with van der Waals surface area (Å²) in [4.78, 5) is 32.1. The van der Waals surface area contributed by atoms with Gasteiger partial charge >= 0.3 is 0 Å². The molecule has 0 aliphatic carbocycles. The van der Waals surface area contributed by atoms with Crippen molar-refractivity contribution >= 4 is 29.0 Å². The van der Waals surface area contributed by atoms with Crippen LogP contribution in [-0.4, -0.2) is 28.8 Å². The molecule has 0 saturated heterocycles. The van der Waals surface area contributed by atoms with Crippen LogP contribution in [0.4, 0.5) is 17.3 Å². The minimum absolute atomic E-state index is 0.0251. The molecule has 1 amide bonds. The second-order valence-corrected chi connectivity index (χ2v) is 5.71. The van der Waals surface area contributed by atoms with Gasteiger partial charge in [-0.3, -0.25) is 9.59 Å². The number of Topliss-reactive ketones (excluding diaryl/α,β-unsaturated/α-hetero) is 1. The van der Waals surface area contributed by atoms with Crippen molar-refractivity contribution in [2.45, 2.75) is 6.92 Å². The molecule has 0 bridgehead atoms. The third-order valence-electron chi connectivity index (χ3n) is 3.79. The first-order valence-corrected chi connectivity index (χ1v) is 8.21. The summed E-state index contributed by atoms with van der Waals surface area (Å²) < 4.78 is 5.21. The Balaban J connectivity index is 1.70. The van der Waals surface area contributed by atoms with Gasteiger partial charge in [0.25, 0.3) is 5.91 Å². The maximum Gasteiger partial charge on any atom is 0.258 e. The summed E-state index contributed by atoms with van der Waals surface area (Å²) in [5, 5.41) is 5.77. The molecule has 136 valence electrons. The molecule has 7 nitrogen and oxygen atoms in total. The fourth-order valence-corrected chi connectivity index (χ4v) is 2.40. The summed E-state index contributed by atoms with van der Waals surface area (Å²) in [6.07, 6.45) is 2.85. The Hall–Kier alpha value is -3.74. The SMILES string of the molecule is COc1ccccc1NC(=O)c1cnc(Nc2cccc(C(C)=O)c2)nc1. The average molecular weight is 362 g/mol. The van der Waals surface area contributed by atoms with Crippen LogP contribution in [-0.2, 0) is 0 Å². The largest absolute Gasteiger partial charge is 0.495 e. The molecule has 7 heteroatoms. The van der Waals surface area contributed by atoms with E-state index < -0.39 is 0 Å². The van der Waals surface area contributed by atoms with Gasteiger partial charge in [0.1, 0.15) is 5.75 Å². The van der Waals surface area contributed by atoms with Crippen molar-refractivity contribution in [3.8, 4) is 5.75 Å². The highest BCUT2D eigenvalue weighted by Gasteiger charge is 2.11. The first-order chi connectivity index (χ1) is 13.1. The summed E-state index contributed by atoms with van der Waals surface area (Å²) in [5.74, 6) is 0.521. The van der Waals surface area contributed by atoms with E-state index in [2.05, 4.69) is 20.6 Å². The Bertz CT molecular complexity index is 971. The Kier molecular flexibility index (Phi) is 5.41. The van der Waals surface area contributed by atoms with Gasteiger partial charge in [0.05, 0.1) is 18.4 Å². The quantitative estimate of drug-likeness (QED) is 0.650. The second-order valence-electron chi connectivity index (χ2n) is 5.71. The van der Waals surface area contributed by atoms with Crippen molar-refractivity contribution in [1.29, 1.82) is 0 Å². The van der Waals surface area contributed by atoms with E-state index in [0.717, 1.165) is 0 Å². The summed E-state index contributed by atoms with van der Waals surface area (Å²) in [6, 6.07) is 14.2. The van der Waals surface area contributed by atoms with Crippen LogP contribution in [0.2, 0.25) is 0 Å². The molecule has 0 radical (unpaired) electrons. The van der Waals surface area contributed by atoms with Crippen LogP contribution in [0.25, 0.3) is 0 Å². The number of nitrogens with one attached hydrogen (secondary N) is 2. The van der Waals surface area contributed by atoms with E-state index in [-0.39, 0.29) is 11.7 Å². The normalized spacial score (nSPS) is 10.1. The fraction of sp³-hybridized carbons (Fsp3) is 0.100. The number of benzene rings is 2. The Morgan fingerprint density at radius 2 is 1.70 bits per heavy atom. The minimum Gasteiger partial charge on any atom is -0.495 e. The van der Waals surface area contributed by atoms with Gasteiger partial charge < -0.3 is 15.4 Å². The zero-order valence-electron chi connectivity index (χ0n) is 14.9. The lowest BCUT2D eigenvalue weighted by molar-refractivity contribution is 0.101. The standard InChI is InChI=1S/C20H18N4O3/c1-13(25)14-6-5-7-16(10-14)23-20-21-11-15(12-22-20)19(26)24-17-8-3-4-9-18(17)27-2/h3-12H,1-2H3,(H,24,26)(H,21,22,23). The highest BCUT2D eigenvalue weighted by atomic mass is 16.5. The molecule has 3 aromatic rings. The fourth-order valence-electron chi connectivity index (χ4n) is 2.40. The lowest BCUT2D eigenvalue weighted by Crippen LogP contribution is -2.13. The van der Waals surface area contributed by atoms with Gasteiger partial charge in [-0.25, -0.2) is 9.97 Å². The summed E-state index contributed by atoms with van der Waals surface area (Å²) in [7, 11) is 1.54. The highest BCUT2D eigenvalue weighted by molar-refractivity contribution is 6.04. The van der Waals surface area contributed by atoms with Gasteiger partial charge in [0.15, 0.2) is 5.78 Å². The molecule has 0 aliphatic rings. The number of ketones is 1. The Morgan fingerprint density at radius 1 is 0.963 bits per heavy atom. The Labute approximate surface area is 156 Å². The van der Waals surface area contributed by atoms with Gasteiger partial charge in [-0.2, -0.15) is 0 Å². The molecule has 2 N–H and O–H groups in total. The molecule has 0 saturated carbocycles. The first kappa shape index (κ1) is 18.1. The first-order valence-electron chi connectivity index (χ1n) is 8.21. The lowest BCUT2D eigenvalue weighted by Gasteiger charge is -2.10. The number of hydrogen-bond donors (Lipinski definition) is 2. The molecule has 2 aromatic carbocycles. The zero-order chi connectivity index (χ0) is 19.2. The molecule has 0 fully saturated rings. The van der Waals surface area contributed by atoms with Gasteiger partial charge in [-0.1, -0.05) is 24.3 Å². The molecule has 0 unspecified atom stereocenters. The van der Waals surface area contributed by atoms with Crippen molar-refractivity contribution in [2.24, 2.45) is 0 Å². The van der Waals surface area contributed by atoms with Crippen molar-refractivity contribution in [2.75, 3.05) is 17.7 Å². The van der Waals surface area contributed by atoms with Gasteiger partial charge in [-0.15, -0.1) is 0 Å². The molecular formula is C20H18N4O3. The van der Waals surface area contributed by atoms with E-state index in [1.165, 1.54) is 26.4 Å². The summed E-state index contributed by atoms with van der Waals surface area (Å²) >= 11 is 0. The van der Waals surface area contributed by atoms with E-state index in [9.17, 15) is 9.59 Å². The van der Waals surface area contributed by atoms with Crippen LogP contribution in [0.3, 0.4) is 0 Å². The number of carbonyl (C=O) groups excluding carboxylic acids is 2. The monoisotopic (exact) mass is 362 g/mol. The third-order valence-corrected chi connectivity index (χ3v) is 3.79. The topological polar surface area (TPSA) is 93.2 Å². The van der Waals surface area contributed by atoms with Crippen LogP contribution in [0.15, 0.2) is 60.9 Å². The number of anilines is 3. The smallest absolute Gasteiger partial charge is 0.258 e. The van der Waals surface area contributed by atoms with Gasteiger partial charge in [0, 0.05) is 23.6 Å². The predicted molar refractivity (Wildman–Crippen MR) is 103 cm³/mol. The molecule has 1 heterocycles. The molecule has 0 spiro atoms. The lowest BCUT2D eigenvalue weighted by atomic mass is 10.1. The highest BCUT2D eigenvalue weighted by Crippen LogP contribution is 2.23. The van der Waals surface area contributed by atoms with Crippen molar-refractivity contribution in [1.82, 2.24) is 9.97 Å². The molecule has 27 heavy (non-hydrogen) atoms. The van der Waals surface area contributed by atoms with Crippen molar-refractivity contribution in [3.63, 3.8) is 0 Å². The van der Waals surface area contributed by atoms with Gasteiger partial charge in [-0.05, 0) is 31.2 Å². The number of para-hydroxylation sites is 2. The molecule has 3 rings (SSSR count). The number of nitrogens with zero attached hydrogens (tertiary/aromatic N) is 2. The maximum atomic E-state index is 12.4. The number of carbonyl (C=O) groups is 2. The number of ether oxygens (including phenoxy) is 1. The van der Waals surface area contributed by atoms with Crippen molar-refractivity contribution < 1.29 is 14.3 Å². The van der Waals surface area contributed by atoms with Crippen LogP contribution in [0.1, 0.15) is 27.6 Å². The molecular weight excluding hydrogens is 344 g/mol. The second kappa shape index (κ2) is 8.09. The molecule has 1 aromatic heterocycles. The summed E-state index contributed by atoms with van der Waals surface area (Å²) in [5.41, 5.74) is 2.15. The number of rotatable bonds is 6. The summed E-state index contributed by atoms with van der Waals surface area (Å²) in [6.45, 7) is 1.50. The van der Waals surface area contributed by atoms with E-state index in [1.807, 2.05) is 6.07 Å². The number of methoxy groups -OCH3 is 1. The van der Waals surface area contributed by atoms with E-state index in [1.54, 1.807) is 42.5 Å². The molecule has 0 atom stereocenters. The van der Waals surface area contributed by atoms with Crippen LogP contribution in [0, 0.1) is 0 Å². The van der Waals surface area contributed by atoms with E-state index >= 15 is 0 Å². The average Bonchev–Trinajstić information content (AvgIpc) is 2.69. The van der Waals surface area contributed by atoms with Crippen molar-refractivity contribution in [3.05, 3.63) is 72.1 Å². The van der Waals surface area contributed by atoms with Gasteiger partial charge in [0.2, 0.25) is 5.95 Å². The van der Waals surface area contributed by atoms with Crippen LogP contribution >= 0.6 is 0 Å². The number of hydrogen-bond acceptors (Lipinski definition) is 6. The molecule has 0 aliphatic heterocycles. The number of aromatic nitrogens is 2. The number of amides is 1. The Morgan fingerprint density at radius 3 is 2.41 bits per heavy atom. The predicted octanol–water partition coefficient (Wildman–Crippen LogP) is 3.68. The third kappa shape index (κ3) is 4.46. The zero-order valence-corrected chi connectivity index (χ0v) is 14.9.